The number of ether oxygens (including phenoxy) is 1. The van der Waals surface area contributed by atoms with Crippen molar-refractivity contribution in [2.45, 2.75) is 43.8 Å². The molecule has 0 bridgehead atoms. The van der Waals surface area contributed by atoms with Gasteiger partial charge in [-0.1, -0.05) is 12.1 Å². The highest BCUT2D eigenvalue weighted by molar-refractivity contribution is 6.00. The van der Waals surface area contributed by atoms with Crippen LogP contribution in [0.15, 0.2) is 24.3 Å². The lowest BCUT2D eigenvalue weighted by Crippen LogP contribution is -2.47. The first kappa shape index (κ1) is 15.4. The molecule has 1 aromatic carbocycles. The second kappa shape index (κ2) is 5.31. The molecule has 5 heteroatoms. The molecule has 1 N–H and O–H groups in total. The maximum absolute atomic E-state index is 12.9. The zero-order chi connectivity index (χ0) is 17.2. The van der Waals surface area contributed by atoms with Gasteiger partial charge in [0, 0.05) is 24.9 Å². The molecule has 1 amide bonds. The molecule has 2 saturated carbocycles. The molecule has 5 atom stereocenters. The van der Waals surface area contributed by atoms with E-state index >= 15 is 0 Å². The summed E-state index contributed by atoms with van der Waals surface area (Å²) in [6.45, 7) is 1.19. The van der Waals surface area contributed by atoms with E-state index in [-0.39, 0.29) is 23.5 Å². The summed E-state index contributed by atoms with van der Waals surface area (Å²) >= 11 is 0. The van der Waals surface area contributed by atoms with Crippen molar-refractivity contribution in [1.82, 2.24) is 4.90 Å². The van der Waals surface area contributed by atoms with Crippen LogP contribution in [0.1, 0.15) is 42.5 Å². The molecule has 25 heavy (non-hydrogen) atoms. The number of likely N-dealkylation sites (tertiary alicyclic amines) is 1. The predicted molar refractivity (Wildman–Crippen MR) is 90.3 cm³/mol. The molecule has 2 aliphatic carbocycles. The van der Waals surface area contributed by atoms with Gasteiger partial charge in [0.15, 0.2) is 5.78 Å². The Morgan fingerprint density at radius 2 is 2.12 bits per heavy atom. The number of para-hydroxylation sites is 1. The van der Waals surface area contributed by atoms with Gasteiger partial charge >= 0.3 is 0 Å². The number of carbonyl (C=O) groups is 2. The number of Topliss-reactive ketones (excluding diaryl/α,β-unsaturated/α-hetero) is 1. The van der Waals surface area contributed by atoms with Crippen molar-refractivity contribution in [3.8, 4) is 5.75 Å². The van der Waals surface area contributed by atoms with Gasteiger partial charge in [0.1, 0.15) is 11.4 Å². The van der Waals surface area contributed by atoms with Crippen molar-refractivity contribution in [2.24, 2.45) is 17.8 Å². The van der Waals surface area contributed by atoms with E-state index in [1.807, 2.05) is 29.2 Å². The summed E-state index contributed by atoms with van der Waals surface area (Å²) in [6, 6.07) is 7.44. The van der Waals surface area contributed by atoms with E-state index < -0.39 is 11.7 Å². The highest BCUT2D eigenvalue weighted by Gasteiger charge is 2.71. The summed E-state index contributed by atoms with van der Waals surface area (Å²) in [6.07, 6.45) is 3.44. The van der Waals surface area contributed by atoms with Crippen LogP contribution in [0.3, 0.4) is 0 Å². The van der Waals surface area contributed by atoms with Crippen LogP contribution in [0, 0.1) is 17.8 Å². The average Bonchev–Trinajstić information content (AvgIpc) is 3.25. The summed E-state index contributed by atoms with van der Waals surface area (Å²) in [7, 11) is 0. The molecule has 5 nitrogen and oxygen atoms in total. The summed E-state index contributed by atoms with van der Waals surface area (Å²) in [5, 5.41) is 9.86. The molecule has 2 heterocycles. The number of ketones is 1. The first-order valence-electron chi connectivity index (χ1n) is 9.37. The number of aliphatic hydroxyl groups is 1. The molecule has 4 aliphatic rings. The van der Waals surface area contributed by atoms with Crippen LogP contribution < -0.4 is 4.74 Å². The quantitative estimate of drug-likeness (QED) is 0.849. The van der Waals surface area contributed by atoms with E-state index in [9.17, 15) is 14.7 Å². The van der Waals surface area contributed by atoms with E-state index in [0.717, 1.165) is 32.2 Å². The van der Waals surface area contributed by atoms with Gasteiger partial charge in [-0.3, -0.25) is 9.59 Å². The highest BCUT2D eigenvalue weighted by Crippen LogP contribution is 2.66. The number of aliphatic hydroxyl groups excluding tert-OH is 1. The van der Waals surface area contributed by atoms with Gasteiger partial charge in [-0.25, -0.2) is 0 Å². The van der Waals surface area contributed by atoms with Crippen LogP contribution in [0.5, 0.6) is 5.75 Å². The zero-order valence-electron chi connectivity index (χ0n) is 14.2. The third-order valence-corrected chi connectivity index (χ3v) is 6.63. The Balaban J connectivity index is 1.38. The maximum atomic E-state index is 12.9. The van der Waals surface area contributed by atoms with E-state index in [4.69, 9.17) is 4.74 Å². The summed E-state index contributed by atoms with van der Waals surface area (Å²) in [5.74, 6) is 1.42. The number of hydrogen-bond donors (Lipinski definition) is 1. The molecule has 1 saturated heterocycles. The van der Waals surface area contributed by atoms with Gasteiger partial charge in [0.25, 0.3) is 0 Å². The molecule has 3 fully saturated rings. The Labute approximate surface area is 147 Å². The lowest BCUT2D eigenvalue weighted by atomic mass is 9.84. The molecule has 0 radical (unpaired) electrons. The van der Waals surface area contributed by atoms with E-state index in [1.165, 1.54) is 0 Å². The second-order valence-electron chi connectivity index (χ2n) is 8.10. The zero-order valence-corrected chi connectivity index (χ0v) is 14.2. The van der Waals surface area contributed by atoms with Crippen LogP contribution >= 0.6 is 0 Å². The Kier molecular flexibility index (Phi) is 3.26. The van der Waals surface area contributed by atoms with E-state index in [0.29, 0.717) is 30.2 Å². The number of fused-ring (bicyclic) bond motifs is 3. The standard InChI is InChI=1S/C20H23NO4/c22-12-4-3-9-21(11-12)19(24)17-14-7-8-20(18(14)17)10-15(23)13-5-1-2-6-16(13)25-20/h1-2,5-6,12,14,17-18,22H,3-4,7-11H2/t12-,14-,17+,18+,20+/m0/s1. The molecule has 2 aliphatic heterocycles. The van der Waals surface area contributed by atoms with Crippen molar-refractivity contribution >= 4 is 11.7 Å². The lowest BCUT2D eigenvalue weighted by Gasteiger charge is -2.38. The molecular formula is C20H23NO4. The Bertz CT molecular complexity index is 747. The smallest absolute Gasteiger partial charge is 0.226 e. The molecule has 1 aromatic rings. The minimum atomic E-state index is -0.495. The number of nitrogens with zero attached hydrogens (tertiary/aromatic N) is 1. The first-order chi connectivity index (χ1) is 12.1. The second-order valence-corrected chi connectivity index (χ2v) is 8.10. The van der Waals surface area contributed by atoms with Crippen molar-refractivity contribution in [3.05, 3.63) is 29.8 Å². The van der Waals surface area contributed by atoms with E-state index in [2.05, 4.69) is 0 Å². The summed E-state index contributed by atoms with van der Waals surface area (Å²) < 4.78 is 6.35. The largest absolute Gasteiger partial charge is 0.486 e. The Morgan fingerprint density at radius 1 is 1.28 bits per heavy atom. The topological polar surface area (TPSA) is 66.8 Å². The summed E-state index contributed by atoms with van der Waals surface area (Å²) in [5.41, 5.74) is 0.171. The predicted octanol–water partition coefficient (Wildman–Crippen LogP) is 2.03. The van der Waals surface area contributed by atoms with Gasteiger partial charge < -0.3 is 14.7 Å². The van der Waals surface area contributed by atoms with Crippen LogP contribution in [0.4, 0.5) is 0 Å². The number of β-amino-alcohol motifs (C(OH)–C–C–N with tert-alkyl or cyclic N) is 1. The van der Waals surface area contributed by atoms with E-state index in [1.54, 1.807) is 0 Å². The SMILES string of the molecule is O=C1C[C@@]2(CC[C@H]3[C@@H](C(=O)N4CCC[C@H](O)C4)[C@@H]32)Oc2ccccc21. The van der Waals surface area contributed by atoms with Gasteiger partial charge in [-0.15, -0.1) is 0 Å². The number of piperidine rings is 1. The fourth-order valence-corrected chi connectivity index (χ4v) is 5.46. The van der Waals surface area contributed by atoms with Gasteiger partial charge in [-0.2, -0.15) is 0 Å². The Morgan fingerprint density at radius 3 is 2.96 bits per heavy atom. The molecule has 0 unspecified atom stereocenters. The number of rotatable bonds is 1. The molecule has 1 spiro atoms. The number of benzene rings is 1. The van der Waals surface area contributed by atoms with Crippen LogP contribution in [-0.2, 0) is 4.79 Å². The van der Waals surface area contributed by atoms with Crippen LogP contribution in [-0.4, -0.2) is 46.5 Å². The van der Waals surface area contributed by atoms with Crippen molar-refractivity contribution in [2.75, 3.05) is 13.1 Å². The average molecular weight is 341 g/mol. The fourth-order valence-electron chi connectivity index (χ4n) is 5.46. The van der Waals surface area contributed by atoms with Gasteiger partial charge in [0.05, 0.1) is 18.1 Å². The van der Waals surface area contributed by atoms with Gasteiger partial charge in [0.2, 0.25) is 5.91 Å². The van der Waals surface area contributed by atoms with Gasteiger partial charge in [-0.05, 0) is 43.7 Å². The minimum Gasteiger partial charge on any atom is -0.486 e. The highest BCUT2D eigenvalue weighted by atomic mass is 16.5. The van der Waals surface area contributed by atoms with Crippen molar-refractivity contribution in [1.29, 1.82) is 0 Å². The number of hydrogen-bond acceptors (Lipinski definition) is 4. The lowest BCUT2D eigenvalue weighted by molar-refractivity contribution is -0.137. The third kappa shape index (κ3) is 2.25. The molecular weight excluding hydrogens is 318 g/mol. The van der Waals surface area contributed by atoms with Crippen molar-refractivity contribution < 1.29 is 19.4 Å². The monoisotopic (exact) mass is 341 g/mol. The van der Waals surface area contributed by atoms with Crippen LogP contribution in [0.2, 0.25) is 0 Å². The van der Waals surface area contributed by atoms with Crippen LogP contribution in [0.25, 0.3) is 0 Å². The molecule has 5 rings (SSSR count). The third-order valence-electron chi connectivity index (χ3n) is 6.63. The Hall–Kier alpha value is -1.88. The molecule has 0 aromatic heterocycles. The molecule has 132 valence electrons. The number of amides is 1. The first-order valence-corrected chi connectivity index (χ1v) is 9.37. The fraction of sp³-hybridized carbons (Fsp3) is 0.600. The van der Waals surface area contributed by atoms with Crippen molar-refractivity contribution in [3.63, 3.8) is 0 Å². The number of carbonyl (C=O) groups excluding carboxylic acids is 2. The summed E-state index contributed by atoms with van der Waals surface area (Å²) in [4.78, 5) is 27.4. The normalized spacial score (nSPS) is 38.9. The minimum absolute atomic E-state index is 0.0305. The maximum Gasteiger partial charge on any atom is 0.226 e.